The molecule has 0 atom stereocenters. The third kappa shape index (κ3) is 4.83. The van der Waals surface area contributed by atoms with Crippen LogP contribution in [0.2, 0.25) is 0 Å². The third-order valence-electron chi connectivity index (χ3n) is 3.99. The van der Waals surface area contributed by atoms with E-state index in [0.29, 0.717) is 5.56 Å². The molecule has 0 spiro atoms. The number of hydrogen-bond acceptors (Lipinski definition) is 3. The summed E-state index contributed by atoms with van der Waals surface area (Å²) in [5.41, 5.74) is 1.83. The van der Waals surface area contributed by atoms with Gasteiger partial charge >= 0.3 is 5.97 Å². The van der Waals surface area contributed by atoms with Gasteiger partial charge in [-0.3, -0.25) is 4.79 Å². The SMILES string of the molecule is CCCCCc1ccc(C(=O)Nc2cccc(OC)c2C(=O)O)cc1. The molecule has 5 heteroatoms. The quantitative estimate of drug-likeness (QED) is 0.699. The van der Waals surface area contributed by atoms with Gasteiger partial charge in [0.15, 0.2) is 0 Å². The molecule has 0 bridgehead atoms. The van der Waals surface area contributed by atoms with Crippen molar-refractivity contribution in [2.75, 3.05) is 12.4 Å². The molecule has 2 N–H and O–H groups in total. The largest absolute Gasteiger partial charge is 0.496 e. The summed E-state index contributed by atoms with van der Waals surface area (Å²) in [6.07, 6.45) is 4.49. The van der Waals surface area contributed by atoms with E-state index in [0.717, 1.165) is 12.8 Å². The van der Waals surface area contributed by atoms with Gasteiger partial charge in [-0.25, -0.2) is 4.79 Å². The lowest BCUT2D eigenvalue weighted by Gasteiger charge is -2.12. The number of carboxylic acid groups (broad SMARTS) is 1. The molecule has 0 aliphatic carbocycles. The molecule has 1 amide bonds. The number of carboxylic acids is 1. The Hall–Kier alpha value is -2.82. The van der Waals surface area contributed by atoms with Gasteiger partial charge in [0.2, 0.25) is 0 Å². The van der Waals surface area contributed by atoms with E-state index in [1.807, 2.05) is 12.1 Å². The molecule has 0 aliphatic rings. The molecule has 0 heterocycles. The van der Waals surface area contributed by atoms with Crippen LogP contribution in [-0.2, 0) is 6.42 Å². The molecule has 0 aliphatic heterocycles. The van der Waals surface area contributed by atoms with Gasteiger partial charge in [0.05, 0.1) is 12.8 Å². The predicted octanol–water partition coefficient (Wildman–Crippen LogP) is 4.38. The highest BCUT2D eigenvalue weighted by molar-refractivity contribution is 6.08. The first kappa shape index (κ1) is 18.5. The maximum absolute atomic E-state index is 12.4. The lowest BCUT2D eigenvalue weighted by Crippen LogP contribution is -2.15. The number of benzene rings is 2. The summed E-state index contributed by atoms with van der Waals surface area (Å²) in [6, 6.07) is 12.1. The van der Waals surface area contributed by atoms with Gasteiger partial charge in [-0.15, -0.1) is 0 Å². The van der Waals surface area contributed by atoms with E-state index in [1.54, 1.807) is 30.3 Å². The number of aryl methyl sites for hydroxylation is 1. The van der Waals surface area contributed by atoms with Crippen LogP contribution in [-0.4, -0.2) is 24.1 Å². The first-order valence-electron chi connectivity index (χ1n) is 8.37. The van der Waals surface area contributed by atoms with Crippen LogP contribution in [0.5, 0.6) is 5.75 Å². The number of carbonyl (C=O) groups is 2. The fraction of sp³-hybridized carbons (Fsp3) is 0.300. The fourth-order valence-electron chi connectivity index (χ4n) is 2.62. The Morgan fingerprint density at radius 3 is 2.40 bits per heavy atom. The van der Waals surface area contributed by atoms with Gasteiger partial charge in [-0.2, -0.15) is 0 Å². The molecule has 2 rings (SSSR count). The van der Waals surface area contributed by atoms with Crippen molar-refractivity contribution in [3.05, 3.63) is 59.2 Å². The average Bonchev–Trinajstić information content (AvgIpc) is 2.62. The third-order valence-corrected chi connectivity index (χ3v) is 3.99. The predicted molar refractivity (Wildman–Crippen MR) is 97.6 cm³/mol. The first-order chi connectivity index (χ1) is 12.1. The van der Waals surface area contributed by atoms with Gasteiger partial charge in [-0.05, 0) is 42.7 Å². The van der Waals surface area contributed by atoms with Crippen LogP contribution in [0.3, 0.4) is 0 Å². The summed E-state index contributed by atoms with van der Waals surface area (Å²) < 4.78 is 5.06. The molecule has 25 heavy (non-hydrogen) atoms. The van der Waals surface area contributed by atoms with Crippen molar-refractivity contribution in [1.82, 2.24) is 0 Å². The fourth-order valence-corrected chi connectivity index (χ4v) is 2.62. The average molecular weight is 341 g/mol. The first-order valence-corrected chi connectivity index (χ1v) is 8.37. The Morgan fingerprint density at radius 1 is 1.08 bits per heavy atom. The molecule has 0 radical (unpaired) electrons. The second-order valence-corrected chi connectivity index (χ2v) is 5.80. The zero-order valence-electron chi connectivity index (χ0n) is 14.5. The minimum atomic E-state index is -1.15. The lowest BCUT2D eigenvalue weighted by molar-refractivity contribution is 0.0694. The minimum absolute atomic E-state index is 0.0606. The smallest absolute Gasteiger partial charge is 0.341 e. The molecule has 5 nitrogen and oxygen atoms in total. The zero-order chi connectivity index (χ0) is 18.2. The van der Waals surface area contributed by atoms with Crippen LogP contribution in [0.4, 0.5) is 5.69 Å². The second-order valence-electron chi connectivity index (χ2n) is 5.80. The molecule has 0 saturated carbocycles. The van der Waals surface area contributed by atoms with Gasteiger partial charge in [0.1, 0.15) is 11.3 Å². The Bertz CT molecular complexity index is 738. The number of aromatic carboxylic acids is 1. The molecule has 2 aromatic rings. The zero-order valence-corrected chi connectivity index (χ0v) is 14.5. The summed E-state index contributed by atoms with van der Waals surface area (Å²) in [7, 11) is 1.39. The van der Waals surface area contributed by atoms with Gasteiger partial charge in [0.25, 0.3) is 5.91 Å². The van der Waals surface area contributed by atoms with E-state index in [-0.39, 0.29) is 22.9 Å². The summed E-state index contributed by atoms with van der Waals surface area (Å²) in [4.78, 5) is 23.9. The number of hydrogen-bond donors (Lipinski definition) is 2. The number of amides is 1. The molecular weight excluding hydrogens is 318 g/mol. The topological polar surface area (TPSA) is 75.6 Å². The van der Waals surface area contributed by atoms with Crippen molar-refractivity contribution < 1.29 is 19.4 Å². The van der Waals surface area contributed by atoms with E-state index >= 15 is 0 Å². The van der Waals surface area contributed by atoms with Crippen molar-refractivity contribution in [2.24, 2.45) is 0 Å². The molecule has 2 aromatic carbocycles. The molecule has 0 saturated heterocycles. The van der Waals surface area contributed by atoms with Crippen molar-refractivity contribution in [3.63, 3.8) is 0 Å². The number of carbonyl (C=O) groups excluding carboxylic acids is 1. The van der Waals surface area contributed by atoms with Crippen LogP contribution in [0.15, 0.2) is 42.5 Å². The van der Waals surface area contributed by atoms with E-state index < -0.39 is 5.97 Å². The Morgan fingerprint density at radius 2 is 1.80 bits per heavy atom. The van der Waals surface area contributed by atoms with Gasteiger partial charge in [-0.1, -0.05) is 38.0 Å². The van der Waals surface area contributed by atoms with Crippen LogP contribution in [0.1, 0.15) is 52.5 Å². The highest BCUT2D eigenvalue weighted by Gasteiger charge is 2.18. The number of anilines is 1. The lowest BCUT2D eigenvalue weighted by atomic mass is 10.0. The van der Waals surface area contributed by atoms with Crippen LogP contribution < -0.4 is 10.1 Å². The summed E-state index contributed by atoms with van der Waals surface area (Å²) in [5.74, 6) is -1.30. The maximum Gasteiger partial charge on any atom is 0.341 e. The number of ether oxygens (including phenoxy) is 1. The second kappa shape index (κ2) is 8.87. The highest BCUT2D eigenvalue weighted by Crippen LogP contribution is 2.26. The number of rotatable bonds is 8. The summed E-state index contributed by atoms with van der Waals surface area (Å²) >= 11 is 0. The van der Waals surface area contributed by atoms with Crippen LogP contribution in [0, 0.1) is 0 Å². The molecule has 132 valence electrons. The number of unbranched alkanes of at least 4 members (excludes halogenated alkanes) is 2. The summed E-state index contributed by atoms with van der Waals surface area (Å²) in [6.45, 7) is 2.16. The van der Waals surface area contributed by atoms with E-state index in [9.17, 15) is 14.7 Å². The monoisotopic (exact) mass is 341 g/mol. The molecule has 0 fully saturated rings. The Balaban J connectivity index is 2.13. The van der Waals surface area contributed by atoms with Crippen molar-refractivity contribution in [2.45, 2.75) is 32.6 Å². The minimum Gasteiger partial charge on any atom is -0.496 e. The van der Waals surface area contributed by atoms with Crippen molar-refractivity contribution >= 4 is 17.6 Å². The standard InChI is InChI=1S/C20H23NO4/c1-3-4-5-7-14-10-12-15(13-11-14)19(22)21-16-8-6-9-17(25-2)18(16)20(23)24/h6,8-13H,3-5,7H2,1-2H3,(H,21,22)(H,23,24). The van der Waals surface area contributed by atoms with Crippen LogP contribution in [0.25, 0.3) is 0 Å². The Labute approximate surface area is 147 Å². The van der Waals surface area contributed by atoms with Crippen LogP contribution >= 0.6 is 0 Å². The maximum atomic E-state index is 12.4. The van der Waals surface area contributed by atoms with E-state index in [4.69, 9.17) is 4.74 Å². The van der Waals surface area contributed by atoms with E-state index in [1.165, 1.54) is 25.5 Å². The highest BCUT2D eigenvalue weighted by atomic mass is 16.5. The normalized spacial score (nSPS) is 10.3. The summed E-state index contributed by atoms with van der Waals surface area (Å²) in [5, 5.41) is 12.0. The van der Waals surface area contributed by atoms with E-state index in [2.05, 4.69) is 12.2 Å². The molecule has 0 unspecified atom stereocenters. The van der Waals surface area contributed by atoms with Crippen molar-refractivity contribution in [3.8, 4) is 5.75 Å². The van der Waals surface area contributed by atoms with Gasteiger partial charge in [0, 0.05) is 5.56 Å². The van der Waals surface area contributed by atoms with Gasteiger partial charge < -0.3 is 15.2 Å². The Kier molecular flexibility index (Phi) is 6.57. The molecule has 0 aromatic heterocycles. The number of nitrogens with one attached hydrogen (secondary N) is 1. The number of methoxy groups -OCH3 is 1. The molecular formula is C20H23NO4. The van der Waals surface area contributed by atoms with Crippen molar-refractivity contribution in [1.29, 1.82) is 0 Å².